The summed E-state index contributed by atoms with van der Waals surface area (Å²) in [7, 11) is 3.11. The molecule has 120 valence electrons. The van der Waals surface area contributed by atoms with Crippen LogP contribution < -0.4 is 14.8 Å². The fourth-order valence-electron chi connectivity index (χ4n) is 2.81. The monoisotopic (exact) mass is 379 g/mol. The van der Waals surface area contributed by atoms with Crippen molar-refractivity contribution < 1.29 is 18.7 Å². The number of carbonyl (C=O) groups is 1. The highest BCUT2D eigenvalue weighted by molar-refractivity contribution is 9.10. The fraction of sp³-hybridized carbons (Fsp3) is 0.235. The maximum absolute atomic E-state index is 13.5. The van der Waals surface area contributed by atoms with Crippen LogP contribution in [0.4, 0.5) is 10.1 Å². The van der Waals surface area contributed by atoms with Gasteiger partial charge in [-0.05, 0) is 45.3 Å². The second-order valence-electron chi connectivity index (χ2n) is 5.27. The van der Waals surface area contributed by atoms with Gasteiger partial charge in [-0.15, -0.1) is 0 Å². The minimum Gasteiger partial charge on any atom is -0.493 e. The summed E-state index contributed by atoms with van der Waals surface area (Å²) in [5, 5.41) is 2.85. The molecule has 0 spiro atoms. The molecule has 3 rings (SSSR count). The van der Waals surface area contributed by atoms with Gasteiger partial charge in [0.25, 0.3) is 0 Å². The highest BCUT2D eigenvalue weighted by Gasteiger charge is 2.28. The number of carbonyl (C=O) groups excluding carboxylic acids is 1. The number of benzene rings is 2. The van der Waals surface area contributed by atoms with Crippen LogP contribution in [0.2, 0.25) is 0 Å². The first kappa shape index (κ1) is 15.8. The Morgan fingerprint density at radius 3 is 2.52 bits per heavy atom. The smallest absolute Gasteiger partial charge is 0.225 e. The Hall–Kier alpha value is -2.08. The highest BCUT2D eigenvalue weighted by atomic mass is 79.9. The lowest BCUT2D eigenvalue weighted by Crippen LogP contribution is -2.23. The van der Waals surface area contributed by atoms with E-state index < -0.39 is 0 Å². The number of anilines is 1. The van der Waals surface area contributed by atoms with Crippen molar-refractivity contribution in [1.29, 1.82) is 0 Å². The summed E-state index contributed by atoms with van der Waals surface area (Å²) in [6.07, 6.45) is 0.292. The molecule has 0 radical (unpaired) electrons. The number of fused-ring (bicyclic) bond motifs is 1. The molecule has 0 saturated heterocycles. The van der Waals surface area contributed by atoms with Crippen LogP contribution in [0.5, 0.6) is 11.5 Å². The molecule has 2 aromatic rings. The molecule has 1 heterocycles. The third-order valence-electron chi connectivity index (χ3n) is 3.94. The minimum absolute atomic E-state index is 0.0878. The van der Waals surface area contributed by atoms with Gasteiger partial charge < -0.3 is 14.8 Å². The molecule has 1 atom stereocenters. The Bertz CT molecular complexity index is 779. The maximum Gasteiger partial charge on any atom is 0.225 e. The minimum atomic E-state index is -0.332. The van der Waals surface area contributed by atoms with E-state index in [-0.39, 0.29) is 17.6 Å². The first-order valence-corrected chi connectivity index (χ1v) is 7.83. The second-order valence-corrected chi connectivity index (χ2v) is 6.13. The molecular formula is C17H15BrFNO3. The van der Waals surface area contributed by atoms with Gasteiger partial charge in [0, 0.05) is 24.1 Å². The molecule has 4 nitrogen and oxygen atoms in total. The van der Waals surface area contributed by atoms with Gasteiger partial charge in [-0.3, -0.25) is 4.79 Å². The topological polar surface area (TPSA) is 47.6 Å². The van der Waals surface area contributed by atoms with Gasteiger partial charge >= 0.3 is 0 Å². The number of hydrogen-bond donors (Lipinski definition) is 1. The molecule has 2 aromatic carbocycles. The van der Waals surface area contributed by atoms with E-state index in [0.717, 1.165) is 11.1 Å². The number of rotatable bonds is 3. The summed E-state index contributed by atoms with van der Waals surface area (Å²) in [6, 6.07) is 8.40. The molecule has 0 saturated carbocycles. The Morgan fingerprint density at radius 1 is 1.17 bits per heavy atom. The molecule has 6 heteroatoms. The normalized spacial score (nSPS) is 16.5. The van der Waals surface area contributed by atoms with Gasteiger partial charge in [0.2, 0.25) is 5.91 Å². The second kappa shape index (κ2) is 6.20. The van der Waals surface area contributed by atoms with Crippen molar-refractivity contribution in [3.8, 4) is 11.5 Å². The Balaban J connectivity index is 2.13. The summed E-state index contributed by atoms with van der Waals surface area (Å²) in [5.41, 5.74) is 2.46. The first-order valence-electron chi connectivity index (χ1n) is 7.04. The third-order valence-corrected chi connectivity index (χ3v) is 4.55. The molecule has 0 unspecified atom stereocenters. The molecule has 0 aliphatic carbocycles. The quantitative estimate of drug-likeness (QED) is 0.873. The Labute approximate surface area is 141 Å². The standard InChI is InChI=1S/C17H15BrFNO3/c1-22-15-6-11-10(9-3-4-13(19)12(18)5-9)7-17(21)20-14(11)8-16(15)23-2/h3-6,8,10H,7H2,1-2H3,(H,20,21)/t10-/m0/s1. The van der Waals surface area contributed by atoms with Gasteiger partial charge in [-0.25, -0.2) is 4.39 Å². The van der Waals surface area contributed by atoms with Crippen molar-refractivity contribution in [3.05, 3.63) is 51.7 Å². The summed E-state index contributed by atoms with van der Waals surface area (Å²) in [5.74, 6) is 0.549. The average Bonchev–Trinajstić information content (AvgIpc) is 2.55. The zero-order valence-corrected chi connectivity index (χ0v) is 14.2. The van der Waals surface area contributed by atoms with Crippen molar-refractivity contribution >= 4 is 27.5 Å². The largest absolute Gasteiger partial charge is 0.493 e. The fourth-order valence-corrected chi connectivity index (χ4v) is 3.21. The van der Waals surface area contributed by atoms with E-state index in [0.29, 0.717) is 28.1 Å². The number of methoxy groups -OCH3 is 2. The third kappa shape index (κ3) is 2.91. The number of ether oxygens (including phenoxy) is 2. The van der Waals surface area contributed by atoms with Crippen molar-refractivity contribution in [1.82, 2.24) is 0 Å². The summed E-state index contributed by atoms with van der Waals surface area (Å²) in [6.45, 7) is 0. The van der Waals surface area contributed by atoms with Crippen LogP contribution >= 0.6 is 15.9 Å². The van der Waals surface area contributed by atoms with Crippen LogP contribution in [0.15, 0.2) is 34.8 Å². The molecule has 1 aliphatic rings. The molecule has 1 amide bonds. The van der Waals surface area contributed by atoms with Crippen molar-refractivity contribution in [2.24, 2.45) is 0 Å². The summed E-state index contributed by atoms with van der Waals surface area (Å²) < 4.78 is 24.5. The average molecular weight is 380 g/mol. The van der Waals surface area contributed by atoms with Crippen LogP contribution in [0, 0.1) is 5.82 Å². The van der Waals surface area contributed by atoms with Crippen molar-refractivity contribution in [2.45, 2.75) is 12.3 Å². The van der Waals surface area contributed by atoms with Gasteiger partial charge in [-0.2, -0.15) is 0 Å². The predicted octanol–water partition coefficient (Wildman–Crippen LogP) is 4.08. The number of amides is 1. The van der Waals surface area contributed by atoms with E-state index in [4.69, 9.17) is 9.47 Å². The van der Waals surface area contributed by atoms with E-state index in [1.807, 2.05) is 6.07 Å². The molecule has 0 aromatic heterocycles. The van der Waals surface area contributed by atoms with E-state index in [2.05, 4.69) is 21.2 Å². The molecule has 23 heavy (non-hydrogen) atoms. The summed E-state index contributed by atoms with van der Waals surface area (Å²) in [4.78, 5) is 12.0. The van der Waals surface area contributed by atoms with E-state index in [9.17, 15) is 9.18 Å². The zero-order chi connectivity index (χ0) is 16.6. The molecule has 0 fully saturated rings. The van der Waals surface area contributed by atoms with E-state index >= 15 is 0 Å². The highest BCUT2D eigenvalue weighted by Crippen LogP contribution is 2.43. The molecule has 1 N–H and O–H groups in total. The number of hydrogen-bond acceptors (Lipinski definition) is 3. The van der Waals surface area contributed by atoms with Gasteiger partial charge in [-0.1, -0.05) is 6.07 Å². The molecule has 1 aliphatic heterocycles. The first-order chi connectivity index (χ1) is 11.0. The van der Waals surface area contributed by atoms with E-state index in [1.165, 1.54) is 6.07 Å². The lowest BCUT2D eigenvalue weighted by Gasteiger charge is -2.27. The predicted molar refractivity (Wildman–Crippen MR) is 88.7 cm³/mol. The molecule has 0 bridgehead atoms. The van der Waals surface area contributed by atoms with Crippen LogP contribution in [0.25, 0.3) is 0 Å². The lowest BCUT2D eigenvalue weighted by molar-refractivity contribution is -0.116. The van der Waals surface area contributed by atoms with Crippen LogP contribution in [0.3, 0.4) is 0 Å². The Kier molecular flexibility index (Phi) is 4.26. The maximum atomic E-state index is 13.5. The van der Waals surface area contributed by atoms with Crippen LogP contribution in [-0.2, 0) is 4.79 Å². The molecular weight excluding hydrogens is 365 g/mol. The summed E-state index contributed by atoms with van der Waals surface area (Å²) >= 11 is 3.20. The number of nitrogens with one attached hydrogen (secondary N) is 1. The van der Waals surface area contributed by atoms with E-state index in [1.54, 1.807) is 32.4 Å². The van der Waals surface area contributed by atoms with Crippen LogP contribution in [-0.4, -0.2) is 20.1 Å². The van der Waals surface area contributed by atoms with Gasteiger partial charge in [0.15, 0.2) is 11.5 Å². The van der Waals surface area contributed by atoms with Crippen molar-refractivity contribution in [3.63, 3.8) is 0 Å². The zero-order valence-electron chi connectivity index (χ0n) is 12.7. The van der Waals surface area contributed by atoms with Gasteiger partial charge in [0.05, 0.1) is 18.7 Å². The SMILES string of the molecule is COc1cc2c(cc1OC)[C@H](c1ccc(F)c(Br)c1)CC(=O)N2. The van der Waals surface area contributed by atoms with Crippen LogP contribution in [0.1, 0.15) is 23.5 Å². The van der Waals surface area contributed by atoms with Gasteiger partial charge in [0.1, 0.15) is 5.82 Å². The lowest BCUT2D eigenvalue weighted by atomic mass is 9.84. The van der Waals surface area contributed by atoms with Crippen molar-refractivity contribution in [2.75, 3.05) is 19.5 Å². The Morgan fingerprint density at radius 2 is 1.87 bits per heavy atom. The number of halogens is 2.